The molecule has 1 nitrogen and oxygen atoms in total. The Morgan fingerprint density at radius 3 is 2.62 bits per heavy atom. The van der Waals surface area contributed by atoms with Crippen LogP contribution in [0.1, 0.15) is 43.9 Å². The zero-order chi connectivity index (χ0) is 9.84. The molecular weight excluding hydrogens is 158 g/mol. The average Bonchev–Trinajstić information content (AvgIpc) is 2.17. The van der Waals surface area contributed by atoms with Crippen molar-refractivity contribution in [2.24, 2.45) is 0 Å². The molecule has 1 aromatic rings. The fraction of sp³-hybridized carbons (Fsp3) is 0.417. The fourth-order valence-corrected chi connectivity index (χ4v) is 1.15. The molecule has 1 aromatic heterocycles. The first kappa shape index (κ1) is 9.80. The van der Waals surface area contributed by atoms with Crippen molar-refractivity contribution in [2.75, 3.05) is 0 Å². The van der Waals surface area contributed by atoms with Crippen molar-refractivity contribution in [2.45, 2.75) is 32.6 Å². The second kappa shape index (κ2) is 4.09. The maximum absolute atomic E-state index is 5.34. The molecule has 0 saturated carbocycles. The van der Waals surface area contributed by atoms with E-state index in [1.165, 1.54) is 5.56 Å². The Bertz CT molecular complexity index is 320. The van der Waals surface area contributed by atoms with Crippen LogP contribution in [0.25, 0.3) is 0 Å². The van der Waals surface area contributed by atoms with Crippen LogP contribution in [-0.4, -0.2) is 4.98 Å². The van der Waals surface area contributed by atoms with Gasteiger partial charge in [0.05, 0.1) is 11.6 Å². The van der Waals surface area contributed by atoms with Gasteiger partial charge in [0.2, 0.25) is 0 Å². The van der Waals surface area contributed by atoms with Crippen molar-refractivity contribution < 1.29 is 0 Å². The molecule has 0 bridgehead atoms. The van der Waals surface area contributed by atoms with E-state index in [0.717, 1.165) is 5.69 Å². The van der Waals surface area contributed by atoms with Crippen molar-refractivity contribution in [3.8, 4) is 12.3 Å². The summed E-state index contributed by atoms with van der Waals surface area (Å²) in [5.74, 6) is 3.33. The zero-order valence-corrected chi connectivity index (χ0v) is 8.41. The van der Waals surface area contributed by atoms with Crippen molar-refractivity contribution in [1.29, 1.82) is 0 Å². The summed E-state index contributed by atoms with van der Waals surface area (Å²) in [6, 6.07) is 4.13. The lowest BCUT2D eigenvalue weighted by Crippen LogP contribution is -1.96. The minimum atomic E-state index is 0.110. The highest BCUT2D eigenvalue weighted by atomic mass is 14.7. The molecule has 0 aliphatic rings. The fourth-order valence-electron chi connectivity index (χ4n) is 1.15. The van der Waals surface area contributed by atoms with Gasteiger partial charge in [0, 0.05) is 6.20 Å². The monoisotopic (exact) mass is 173 g/mol. The Morgan fingerprint density at radius 1 is 1.38 bits per heavy atom. The van der Waals surface area contributed by atoms with Crippen LogP contribution in [-0.2, 0) is 0 Å². The summed E-state index contributed by atoms with van der Waals surface area (Å²) in [6.07, 6.45) is 7.17. The molecule has 0 aromatic carbocycles. The zero-order valence-electron chi connectivity index (χ0n) is 8.41. The smallest absolute Gasteiger partial charge is 0.0594 e. The quantitative estimate of drug-likeness (QED) is 0.626. The van der Waals surface area contributed by atoms with E-state index >= 15 is 0 Å². The molecule has 1 heteroatoms. The predicted octanol–water partition coefficient (Wildman–Crippen LogP) is 2.94. The molecule has 0 radical (unpaired) electrons. The number of hydrogen-bond donors (Lipinski definition) is 0. The van der Waals surface area contributed by atoms with Crippen LogP contribution in [0.4, 0.5) is 0 Å². The maximum Gasteiger partial charge on any atom is 0.0594 e. The van der Waals surface area contributed by atoms with Gasteiger partial charge in [-0.3, -0.25) is 4.98 Å². The summed E-state index contributed by atoms with van der Waals surface area (Å²) in [7, 11) is 0. The molecule has 0 N–H and O–H groups in total. The van der Waals surface area contributed by atoms with Gasteiger partial charge in [-0.05, 0) is 30.5 Å². The van der Waals surface area contributed by atoms with E-state index in [1.807, 2.05) is 19.2 Å². The summed E-state index contributed by atoms with van der Waals surface area (Å²) in [5, 5.41) is 0. The first-order valence-corrected chi connectivity index (χ1v) is 4.57. The van der Waals surface area contributed by atoms with Gasteiger partial charge in [0.25, 0.3) is 0 Å². The lowest BCUT2D eigenvalue weighted by molar-refractivity contribution is 0.844. The van der Waals surface area contributed by atoms with Crippen LogP contribution >= 0.6 is 0 Å². The summed E-state index contributed by atoms with van der Waals surface area (Å²) in [6.45, 7) is 6.33. The number of nitrogens with zero attached hydrogens (tertiary/aromatic N) is 1. The number of rotatable bonds is 2. The maximum atomic E-state index is 5.34. The molecule has 1 heterocycles. The highest BCUT2D eigenvalue weighted by Gasteiger charge is 2.05. The van der Waals surface area contributed by atoms with Gasteiger partial charge < -0.3 is 0 Å². The standard InChI is InChI=1S/C12H15N/c1-5-10(4)12-8-11(9(2)3)6-7-13-12/h1,6-10H,2-4H3. The van der Waals surface area contributed by atoms with Crippen molar-refractivity contribution in [3.05, 3.63) is 29.6 Å². The molecule has 0 aliphatic carbocycles. The van der Waals surface area contributed by atoms with E-state index in [4.69, 9.17) is 6.42 Å². The van der Waals surface area contributed by atoms with E-state index < -0.39 is 0 Å². The Balaban J connectivity index is 3.00. The largest absolute Gasteiger partial charge is 0.260 e. The Morgan fingerprint density at radius 2 is 2.08 bits per heavy atom. The Hall–Kier alpha value is -1.29. The molecule has 1 atom stereocenters. The second-order valence-electron chi connectivity index (χ2n) is 3.56. The van der Waals surface area contributed by atoms with E-state index in [0.29, 0.717) is 5.92 Å². The third-order valence-corrected chi connectivity index (χ3v) is 2.17. The van der Waals surface area contributed by atoms with Gasteiger partial charge in [-0.25, -0.2) is 0 Å². The second-order valence-corrected chi connectivity index (χ2v) is 3.56. The minimum Gasteiger partial charge on any atom is -0.260 e. The van der Waals surface area contributed by atoms with Gasteiger partial charge in [0.15, 0.2) is 0 Å². The van der Waals surface area contributed by atoms with Gasteiger partial charge in [0.1, 0.15) is 0 Å². The number of pyridine rings is 1. The SMILES string of the molecule is C#CC(C)c1cc(C(C)C)ccn1. The van der Waals surface area contributed by atoms with Crippen LogP contribution in [0.2, 0.25) is 0 Å². The highest BCUT2D eigenvalue weighted by Crippen LogP contribution is 2.18. The molecule has 1 unspecified atom stereocenters. The lowest BCUT2D eigenvalue weighted by Gasteiger charge is -2.08. The minimum absolute atomic E-state index is 0.110. The molecule has 13 heavy (non-hydrogen) atoms. The topological polar surface area (TPSA) is 12.9 Å². The number of terminal acetylenes is 1. The first-order chi connectivity index (χ1) is 6.15. The Kier molecular flexibility index (Phi) is 3.08. The van der Waals surface area contributed by atoms with Gasteiger partial charge in [-0.15, -0.1) is 6.42 Å². The third kappa shape index (κ3) is 2.32. The van der Waals surface area contributed by atoms with Crippen molar-refractivity contribution in [3.63, 3.8) is 0 Å². The molecular formula is C12H15N. The Labute approximate surface area is 80.2 Å². The summed E-state index contributed by atoms with van der Waals surface area (Å²) in [4.78, 5) is 4.25. The molecule has 1 rings (SSSR count). The van der Waals surface area contributed by atoms with Crippen LogP contribution in [0.3, 0.4) is 0 Å². The number of hydrogen-bond acceptors (Lipinski definition) is 1. The van der Waals surface area contributed by atoms with E-state index in [2.05, 4.69) is 30.8 Å². The summed E-state index contributed by atoms with van der Waals surface area (Å²) in [5.41, 5.74) is 2.29. The summed E-state index contributed by atoms with van der Waals surface area (Å²) >= 11 is 0. The molecule has 0 spiro atoms. The van der Waals surface area contributed by atoms with Gasteiger partial charge >= 0.3 is 0 Å². The van der Waals surface area contributed by atoms with E-state index in [1.54, 1.807) is 0 Å². The lowest BCUT2D eigenvalue weighted by atomic mass is 10.0. The van der Waals surface area contributed by atoms with Crippen LogP contribution < -0.4 is 0 Å². The van der Waals surface area contributed by atoms with Crippen molar-refractivity contribution >= 4 is 0 Å². The number of aromatic nitrogens is 1. The molecule has 0 aliphatic heterocycles. The highest BCUT2D eigenvalue weighted by molar-refractivity contribution is 5.25. The van der Waals surface area contributed by atoms with Crippen LogP contribution in [0.15, 0.2) is 18.3 Å². The molecule has 0 fully saturated rings. The normalized spacial score (nSPS) is 12.5. The van der Waals surface area contributed by atoms with Gasteiger partial charge in [-0.1, -0.05) is 19.8 Å². The average molecular weight is 173 g/mol. The molecule has 68 valence electrons. The first-order valence-electron chi connectivity index (χ1n) is 4.57. The molecule has 0 saturated heterocycles. The van der Waals surface area contributed by atoms with E-state index in [-0.39, 0.29) is 5.92 Å². The third-order valence-electron chi connectivity index (χ3n) is 2.17. The predicted molar refractivity (Wildman–Crippen MR) is 55.6 cm³/mol. The summed E-state index contributed by atoms with van der Waals surface area (Å²) < 4.78 is 0. The van der Waals surface area contributed by atoms with Gasteiger partial charge in [-0.2, -0.15) is 0 Å². The van der Waals surface area contributed by atoms with Crippen molar-refractivity contribution in [1.82, 2.24) is 4.98 Å². The van der Waals surface area contributed by atoms with Crippen LogP contribution in [0, 0.1) is 12.3 Å². The molecule has 0 amide bonds. The van der Waals surface area contributed by atoms with Crippen LogP contribution in [0.5, 0.6) is 0 Å². The van der Waals surface area contributed by atoms with E-state index in [9.17, 15) is 0 Å².